The quantitative estimate of drug-likeness (QED) is 0.893. The van der Waals surface area contributed by atoms with Gasteiger partial charge >= 0.3 is 0 Å². The zero-order valence-corrected chi connectivity index (χ0v) is 11.6. The number of oxazole rings is 1. The lowest BCUT2D eigenvalue weighted by Crippen LogP contribution is -2.10. The molecule has 0 aliphatic heterocycles. The average Bonchev–Trinajstić information content (AvgIpc) is 2.75. The summed E-state index contributed by atoms with van der Waals surface area (Å²) in [7, 11) is 0. The summed E-state index contributed by atoms with van der Waals surface area (Å²) in [5, 5.41) is 3.22. The fraction of sp³-hybridized carbons (Fsp3) is 0.462. The second kappa shape index (κ2) is 5.69. The molecule has 2 heterocycles. The molecule has 102 valence electrons. The van der Waals surface area contributed by atoms with E-state index in [1.165, 1.54) is 0 Å². The van der Waals surface area contributed by atoms with Crippen LogP contribution in [0.3, 0.4) is 0 Å². The van der Waals surface area contributed by atoms with E-state index in [0.29, 0.717) is 30.0 Å². The van der Waals surface area contributed by atoms with Crippen molar-refractivity contribution in [3.05, 3.63) is 29.7 Å². The molecule has 0 fully saturated rings. The normalized spacial score (nSPS) is 12.2. The van der Waals surface area contributed by atoms with Crippen LogP contribution in [-0.2, 0) is 0 Å². The van der Waals surface area contributed by atoms with Gasteiger partial charge in [-0.3, -0.25) is 0 Å². The maximum absolute atomic E-state index is 5.48. The number of aryl methyl sites for hydroxylation is 2. The number of ether oxygens (including phenoxy) is 1. The second-order valence-electron chi connectivity index (χ2n) is 4.25. The van der Waals surface area contributed by atoms with E-state index in [0.717, 1.165) is 5.76 Å². The highest BCUT2D eigenvalue weighted by Crippen LogP contribution is 2.20. The number of nitrogens with zero attached hydrogens (tertiary/aromatic N) is 3. The van der Waals surface area contributed by atoms with Crippen LogP contribution in [0.25, 0.3) is 0 Å². The minimum Gasteiger partial charge on any atom is -0.478 e. The van der Waals surface area contributed by atoms with Gasteiger partial charge in [0.2, 0.25) is 11.8 Å². The molecule has 0 spiro atoms. The molecule has 0 amide bonds. The first-order chi connectivity index (χ1) is 9.08. The van der Waals surface area contributed by atoms with Gasteiger partial charge < -0.3 is 14.5 Å². The summed E-state index contributed by atoms with van der Waals surface area (Å²) in [6.45, 7) is 8.15. The Balaban J connectivity index is 2.14. The van der Waals surface area contributed by atoms with Crippen molar-refractivity contribution in [3.8, 4) is 5.88 Å². The van der Waals surface area contributed by atoms with Crippen LogP contribution in [0, 0.1) is 13.8 Å². The van der Waals surface area contributed by atoms with Gasteiger partial charge in [-0.2, -0.15) is 4.98 Å². The largest absolute Gasteiger partial charge is 0.478 e. The number of rotatable bonds is 5. The van der Waals surface area contributed by atoms with E-state index in [9.17, 15) is 0 Å². The zero-order valence-electron chi connectivity index (χ0n) is 11.6. The van der Waals surface area contributed by atoms with Gasteiger partial charge in [0.1, 0.15) is 23.4 Å². The molecule has 1 unspecified atom stereocenters. The summed E-state index contributed by atoms with van der Waals surface area (Å²) in [6.07, 6.45) is 1.70. The van der Waals surface area contributed by atoms with Crippen LogP contribution in [0.2, 0.25) is 0 Å². The lowest BCUT2D eigenvalue weighted by atomic mass is 10.3. The van der Waals surface area contributed by atoms with Crippen LogP contribution in [-0.4, -0.2) is 21.6 Å². The number of nitrogens with one attached hydrogen (secondary N) is 1. The van der Waals surface area contributed by atoms with Gasteiger partial charge in [0.05, 0.1) is 12.8 Å². The van der Waals surface area contributed by atoms with Gasteiger partial charge in [-0.05, 0) is 27.7 Å². The number of hydrogen-bond donors (Lipinski definition) is 1. The van der Waals surface area contributed by atoms with Crippen molar-refractivity contribution in [2.24, 2.45) is 0 Å². The molecular weight excluding hydrogens is 244 g/mol. The van der Waals surface area contributed by atoms with Crippen molar-refractivity contribution in [1.82, 2.24) is 15.0 Å². The van der Waals surface area contributed by atoms with Crippen molar-refractivity contribution in [2.45, 2.75) is 33.7 Å². The summed E-state index contributed by atoms with van der Waals surface area (Å²) in [4.78, 5) is 12.7. The third-order valence-electron chi connectivity index (χ3n) is 2.48. The van der Waals surface area contributed by atoms with Gasteiger partial charge in [0, 0.05) is 6.07 Å². The molecule has 0 saturated heterocycles. The van der Waals surface area contributed by atoms with Gasteiger partial charge in [-0.1, -0.05) is 0 Å². The van der Waals surface area contributed by atoms with E-state index in [-0.39, 0.29) is 6.04 Å². The van der Waals surface area contributed by atoms with E-state index >= 15 is 0 Å². The van der Waals surface area contributed by atoms with E-state index in [1.54, 1.807) is 12.3 Å². The van der Waals surface area contributed by atoms with Gasteiger partial charge in [0.15, 0.2) is 0 Å². The first kappa shape index (κ1) is 13.3. The number of hydrogen-bond acceptors (Lipinski definition) is 6. The molecule has 0 aliphatic rings. The Labute approximate surface area is 112 Å². The SMILES string of the molecule is CCOc1cc(NC(C)c2ncc(C)o2)nc(C)n1. The second-order valence-corrected chi connectivity index (χ2v) is 4.25. The summed E-state index contributed by atoms with van der Waals surface area (Å²) >= 11 is 0. The van der Waals surface area contributed by atoms with Crippen molar-refractivity contribution >= 4 is 5.82 Å². The fourth-order valence-corrected chi connectivity index (χ4v) is 1.69. The standard InChI is InChI=1S/C13H18N4O2/c1-5-18-12-6-11(16-10(4)17-12)15-9(3)13-14-7-8(2)19-13/h6-7,9H,5H2,1-4H3,(H,15,16,17). The highest BCUT2D eigenvalue weighted by Gasteiger charge is 2.12. The Morgan fingerprint density at radius 3 is 2.79 bits per heavy atom. The maximum Gasteiger partial charge on any atom is 0.218 e. The predicted octanol–water partition coefficient (Wildman–Crippen LogP) is 2.65. The van der Waals surface area contributed by atoms with Gasteiger partial charge in [-0.15, -0.1) is 0 Å². The van der Waals surface area contributed by atoms with Crippen LogP contribution in [0.4, 0.5) is 5.82 Å². The monoisotopic (exact) mass is 262 g/mol. The molecule has 2 aromatic rings. The minimum absolute atomic E-state index is 0.0718. The van der Waals surface area contributed by atoms with E-state index in [2.05, 4.69) is 20.3 Å². The average molecular weight is 262 g/mol. The molecule has 0 radical (unpaired) electrons. The Hall–Kier alpha value is -2.11. The fourth-order valence-electron chi connectivity index (χ4n) is 1.69. The predicted molar refractivity (Wildman–Crippen MR) is 71.2 cm³/mol. The van der Waals surface area contributed by atoms with Crippen LogP contribution in [0.5, 0.6) is 5.88 Å². The van der Waals surface area contributed by atoms with Crippen molar-refractivity contribution < 1.29 is 9.15 Å². The topological polar surface area (TPSA) is 73.1 Å². The lowest BCUT2D eigenvalue weighted by molar-refractivity contribution is 0.325. The van der Waals surface area contributed by atoms with E-state index in [4.69, 9.17) is 9.15 Å². The first-order valence-electron chi connectivity index (χ1n) is 6.26. The summed E-state index contributed by atoms with van der Waals surface area (Å²) in [5.41, 5.74) is 0. The number of anilines is 1. The van der Waals surface area contributed by atoms with E-state index in [1.807, 2.05) is 27.7 Å². The van der Waals surface area contributed by atoms with Crippen LogP contribution in [0.15, 0.2) is 16.7 Å². The Kier molecular flexibility index (Phi) is 3.99. The van der Waals surface area contributed by atoms with Crippen molar-refractivity contribution in [3.63, 3.8) is 0 Å². The molecule has 6 nitrogen and oxygen atoms in total. The molecule has 6 heteroatoms. The summed E-state index contributed by atoms with van der Waals surface area (Å²) < 4.78 is 10.9. The van der Waals surface area contributed by atoms with Gasteiger partial charge in [-0.25, -0.2) is 9.97 Å². The third-order valence-corrected chi connectivity index (χ3v) is 2.48. The molecule has 19 heavy (non-hydrogen) atoms. The highest BCUT2D eigenvalue weighted by molar-refractivity contribution is 5.39. The molecule has 1 N–H and O–H groups in total. The Bertz CT molecular complexity index is 553. The molecule has 2 rings (SSSR count). The minimum atomic E-state index is -0.0718. The molecule has 0 saturated carbocycles. The molecule has 1 atom stereocenters. The third kappa shape index (κ3) is 3.43. The van der Waals surface area contributed by atoms with Crippen molar-refractivity contribution in [1.29, 1.82) is 0 Å². The molecule has 0 aliphatic carbocycles. The van der Waals surface area contributed by atoms with Gasteiger partial charge in [0.25, 0.3) is 0 Å². The maximum atomic E-state index is 5.48. The Morgan fingerprint density at radius 1 is 1.37 bits per heavy atom. The van der Waals surface area contributed by atoms with Crippen LogP contribution in [0.1, 0.15) is 37.4 Å². The molecular formula is C13H18N4O2. The van der Waals surface area contributed by atoms with Crippen LogP contribution >= 0.6 is 0 Å². The summed E-state index contributed by atoms with van der Waals surface area (Å²) in [5.74, 6) is 3.33. The zero-order chi connectivity index (χ0) is 13.8. The molecule has 0 aromatic carbocycles. The molecule has 0 bridgehead atoms. The smallest absolute Gasteiger partial charge is 0.218 e. The van der Waals surface area contributed by atoms with E-state index < -0.39 is 0 Å². The van der Waals surface area contributed by atoms with Crippen LogP contribution < -0.4 is 10.1 Å². The first-order valence-corrected chi connectivity index (χ1v) is 6.26. The highest BCUT2D eigenvalue weighted by atomic mass is 16.5. The molecule has 2 aromatic heterocycles. The summed E-state index contributed by atoms with van der Waals surface area (Å²) in [6, 6.07) is 1.69. The Morgan fingerprint density at radius 2 is 2.16 bits per heavy atom. The lowest BCUT2D eigenvalue weighted by Gasteiger charge is -2.12. The van der Waals surface area contributed by atoms with Crippen molar-refractivity contribution in [2.75, 3.05) is 11.9 Å². The number of aromatic nitrogens is 3.